The summed E-state index contributed by atoms with van der Waals surface area (Å²) in [6.07, 6.45) is 0. The Balaban J connectivity index is 1.07. The van der Waals surface area contributed by atoms with Crippen molar-refractivity contribution in [3.63, 3.8) is 0 Å². The van der Waals surface area contributed by atoms with Gasteiger partial charge in [-0.25, -0.2) is 0 Å². The molecule has 0 amide bonds. The van der Waals surface area contributed by atoms with E-state index in [1.54, 1.807) is 0 Å². The van der Waals surface area contributed by atoms with Gasteiger partial charge in [0.05, 0.1) is 16.7 Å². The van der Waals surface area contributed by atoms with Gasteiger partial charge in [0.25, 0.3) is 0 Å². The number of benzene rings is 12. The molecule has 15 rings (SSSR count). The number of para-hydroxylation sites is 3. The van der Waals surface area contributed by atoms with E-state index in [9.17, 15) is 0 Å². The molecule has 0 atom stereocenters. The van der Waals surface area contributed by atoms with Crippen LogP contribution in [0.4, 0.5) is 34.1 Å². The highest BCUT2D eigenvalue weighted by atomic mass is 32.1. The molecule has 0 bridgehead atoms. The molecule has 374 valence electrons. The van der Waals surface area contributed by atoms with E-state index in [4.69, 9.17) is 0 Å². The molecule has 0 unspecified atom stereocenters. The molecule has 2 aromatic heterocycles. The van der Waals surface area contributed by atoms with Crippen LogP contribution in [0.25, 0.3) is 92.2 Å². The molecule has 12 aromatic carbocycles. The minimum atomic E-state index is -0.198. The van der Waals surface area contributed by atoms with Crippen LogP contribution in [0.2, 0.25) is 0 Å². The molecule has 1 aliphatic rings. The first-order valence-corrected chi connectivity index (χ1v) is 28.1. The Labute approximate surface area is 464 Å². The topological polar surface area (TPSA) is 11.4 Å². The summed E-state index contributed by atoms with van der Waals surface area (Å²) < 4.78 is 5.02. The Hall–Kier alpha value is -9.74. The van der Waals surface area contributed by atoms with Crippen molar-refractivity contribution < 1.29 is 0 Å². The van der Waals surface area contributed by atoms with E-state index in [-0.39, 0.29) is 5.41 Å². The van der Waals surface area contributed by atoms with Crippen LogP contribution in [-0.2, 0) is 5.41 Å². The number of rotatable bonds is 10. The van der Waals surface area contributed by atoms with Crippen molar-refractivity contribution in [2.75, 3.05) is 9.80 Å². The van der Waals surface area contributed by atoms with Gasteiger partial charge in [0, 0.05) is 81.6 Å². The van der Waals surface area contributed by atoms with Crippen molar-refractivity contribution >= 4 is 87.4 Å². The summed E-state index contributed by atoms with van der Waals surface area (Å²) in [6.45, 7) is 4.75. The van der Waals surface area contributed by atoms with Crippen molar-refractivity contribution in [1.29, 1.82) is 0 Å². The smallest absolute Gasteiger partial charge is 0.0634 e. The lowest BCUT2D eigenvalue weighted by Crippen LogP contribution is -2.16. The molecule has 0 saturated heterocycles. The zero-order valence-electron chi connectivity index (χ0n) is 43.9. The molecule has 4 heteroatoms. The summed E-state index contributed by atoms with van der Waals surface area (Å²) in [5, 5.41) is 4.94. The van der Waals surface area contributed by atoms with Gasteiger partial charge in [0.15, 0.2) is 0 Å². The SMILES string of the molecule is CC1(C)c2ccccc2-c2c(N(c3ccc(-c4ccccc4)cc3)c3cc(-c4cc5c6cc(-c7ccccc7)ccc6n(-c6ccccc6)c5c5c4sc4ccccc45)cc(N(c4ccccc4)c4ccccc4)c3)cccc21. The maximum atomic E-state index is 2.53. The van der Waals surface area contributed by atoms with Gasteiger partial charge in [-0.2, -0.15) is 0 Å². The van der Waals surface area contributed by atoms with Crippen molar-refractivity contribution in [3.05, 3.63) is 296 Å². The minimum Gasteiger partial charge on any atom is -0.310 e. The number of hydrogen-bond donors (Lipinski definition) is 0. The normalized spacial score (nSPS) is 12.5. The fourth-order valence-corrected chi connectivity index (χ4v) is 13.9. The molecule has 1 aliphatic carbocycles. The molecule has 0 spiro atoms. The Morgan fingerprint density at radius 1 is 0.354 bits per heavy atom. The molecule has 14 aromatic rings. The quantitative estimate of drug-likeness (QED) is 0.135. The highest BCUT2D eigenvalue weighted by Gasteiger charge is 2.38. The first-order chi connectivity index (χ1) is 39.0. The van der Waals surface area contributed by atoms with Crippen molar-refractivity contribution in [3.8, 4) is 50.2 Å². The van der Waals surface area contributed by atoms with Gasteiger partial charge in [-0.1, -0.05) is 202 Å². The van der Waals surface area contributed by atoms with Gasteiger partial charge in [-0.05, 0) is 142 Å². The standard InChI is InChI=1S/C75H53N3S/c1-75(2)66-35-20-18-33-61(66)71-67(75)36-22-37-69(71)77(58-42-39-52(40-43-58)50-23-8-3-9-24-50)60-46-54(45-59(48-60)76(55-27-12-5-13-28-55)56-29-14-6-15-30-56)63-49-65-64-47-53(51-25-10-4-11-26-51)41-44-68(64)78(57-31-16-7-17-32-57)73(65)72-62-34-19-21-38-70(62)79-74(63)72/h3-49H,1-2H3. The van der Waals surface area contributed by atoms with Crippen LogP contribution < -0.4 is 9.80 Å². The maximum absolute atomic E-state index is 2.53. The van der Waals surface area contributed by atoms with Gasteiger partial charge >= 0.3 is 0 Å². The Morgan fingerprint density at radius 3 is 1.59 bits per heavy atom. The van der Waals surface area contributed by atoms with E-state index >= 15 is 0 Å². The first kappa shape index (κ1) is 46.6. The van der Waals surface area contributed by atoms with Crippen molar-refractivity contribution in [2.24, 2.45) is 0 Å². The molecule has 0 aliphatic heterocycles. The van der Waals surface area contributed by atoms with Crippen LogP contribution in [0.3, 0.4) is 0 Å². The fraction of sp³-hybridized carbons (Fsp3) is 0.0400. The zero-order chi connectivity index (χ0) is 52.6. The lowest BCUT2D eigenvalue weighted by Gasteiger charge is -2.32. The number of nitrogens with zero attached hydrogens (tertiary/aromatic N) is 3. The Bertz CT molecular complexity index is 4560. The molecule has 0 N–H and O–H groups in total. The Kier molecular flexibility index (Phi) is 11.1. The van der Waals surface area contributed by atoms with Crippen LogP contribution in [0.15, 0.2) is 285 Å². The number of hydrogen-bond acceptors (Lipinski definition) is 3. The fourth-order valence-electron chi connectivity index (χ4n) is 12.7. The van der Waals surface area contributed by atoms with Crippen molar-refractivity contribution in [1.82, 2.24) is 4.57 Å². The summed E-state index contributed by atoms with van der Waals surface area (Å²) in [6, 6.07) is 105. The number of anilines is 6. The maximum Gasteiger partial charge on any atom is 0.0634 e. The van der Waals surface area contributed by atoms with Crippen LogP contribution >= 0.6 is 11.3 Å². The second kappa shape index (κ2) is 18.8. The van der Waals surface area contributed by atoms with Crippen LogP contribution in [0.1, 0.15) is 25.0 Å². The van der Waals surface area contributed by atoms with Gasteiger partial charge in [0.1, 0.15) is 0 Å². The third-order valence-electron chi connectivity index (χ3n) is 16.3. The largest absolute Gasteiger partial charge is 0.310 e. The van der Waals surface area contributed by atoms with Gasteiger partial charge in [-0.3, -0.25) is 0 Å². The minimum absolute atomic E-state index is 0.198. The number of aromatic nitrogens is 1. The van der Waals surface area contributed by atoms with E-state index in [0.29, 0.717) is 0 Å². The lowest BCUT2D eigenvalue weighted by atomic mass is 9.82. The third-order valence-corrected chi connectivity index (χ3v) is 17.5. The van der Waals surface area contributed by atoms with E-state index in [2.05, 4.69) is 313 Å². The van der Waals surface area contributed by atoms with E-state index in [1.165, 1.54) is 92.0 Å². The van der Waals surface area contributed by atoms with Gasteiger partial charge in [0.2, 0.25) is 0 Å². The molecular formula is C75H53N3S. The predicted molar refractivity (Wildman–Crippen MR) is 337 cm³/mol. The molecule has 3 nitrogen and oxygen atoms in total. The highest BCUT2D eigenvalue weighted by Crippen LogP contribution is 2.56. The van der Waals surface area contributed by atoms with Crippen LogP contribution in [0.5, 0.6) is 0 Å². The first-order valence-electron chi connectivity index (χ1n) is 27.2. The molecule has 0 saturated carbocycles. The van der Waals surface area contributed by atoms with E-state index < -0.39 is 0 Å². The van der Waals surface area contributed by atoms with E-state index in [0.717, 1.165) is 45.4 Å². The second-order valence-electron chi connectivity index (χ2n) is 21.3. The molecule has 0 fully saturated rings. The van der Waals surface area contributed by atoms with E-state index in [1.807, 2.05) is 11.3 Å². The second-order valence-corrected chi connectivity index (χ2v) is 22.3. The summed E-state index contributed by atoms with van der Waals surface area (Å²) >= 11 is 1.89. The van der Waals surface area contributed by atoms with Gasteiger partial charge < -0.3 is 14.4 Å². The van der Waals surface area contributed by atoms with Crippen LogP contribution in [-0.4, -0.2) is 4.57 Å². The molecular weight excluding hydrogens is 975 g/mol. The molecule has 0 radical (unpaired) electrons. The monoisotopic (exact) mass is 1030 g/mol. The Morgan fingerprint density at radius 2 is 0.899 bits per heavy atom. The van der Waals surface area contributed by atoms with Gasteiger partial charge in [-0.15, -0.1) is 11.3 Å². The summed E-state index contributed by atoms with van der Waals surface area (Å²) in [5.41, 5.74) is 22.1. The van der Waals surface area contributed by atoms with Crippen molar-refractivity contribution in [2.45, 2.75) is 19.3 Å². The number of thiophene rings is 1. The molecule has 79 heavy (non-hydrogen) atoms. The average Bonchev–Trinajstić information content (AvgIpc) is 4.36. The highest BCUT2D eigenvalue weighted by molar-refractivity contribution is 7.26. The summed E-state index contributed by atoms with van der Waals surface area (Å²) in [5.74, 6) is 0. The van der Waals surface area contributed by atoms with Crippen LogP contribution in [0, 0.1) is 0 Å². The zero-order valence-corrected chi connectivity index (χ0v) is 44.7. The lowest BCUT2D eigenvalue weighted by molar-refractivity contribution is 0.660. The summed E-state index contributed by atoms with van der Waals surface area (Å²) in [4.78, 5) is 4.95. The average molecular weight is 1030 g/mol. The molecule has 2 heterocycles. The predicted octanol–water partition coefficient (Wildman–Crippen LogP) is 21.4. The number of fused-ring (bicyclic) bond motifs is 10. The summed E-state index contributed by atoms with van der Waals surface area (Å²) in [7, 11) is 0. The third kappa shape index (κ3) is 7.70.